The van der Waals surface area contributed by atoms with Gasteiger partial charge in [0.1, 0.15) is 11.6 Å². The number of benzene rings is 1. The van der Waals surface area contributed by atoms with Gasteiger partial charge in [0, 0.05) is 4.47 Å². The van der Waals surface area contributed by atoms with E-state index in [-0.39, 0.29) is 15.7 Å². The van der Waals surface area contributed by atoms with Crippen molar-refractivity contribution in [2.24, 2.45) is 0 Å². The molecule has 1 aromatic rings. The number of nitrogens with zero attached hydrogens (tertiary/aromatic N) is 1. The number of hydrogen-bond acceptors (Lipinski definition) is 2. The third-order valence-corrected chi connectivity index (χ3v) is 2.55. The third-order valence-electron chi connectivity index (χ3n) is 1.32. The van der Waals surface area contributed by atoms with E-state index in [2.05, 4.69) is 31.9 Å². The first-order valence-electron chi connectivity index (χ1n) is 2.91. The van der Waals surface area contributed by atoms with Gasteiger partial charge in [0.05, 0.1) is 10.2 Å². The lowest BCUT2D eigenvalue weighted by atomic mass is 10.2. The Kier molecular flexibility index (Phi) is 2.70. The number of anilines is 1. The van der Waals surface area contributed by atoms with Gasteiger partial charge in [0.2, 0.25) is 0 Å². The molecule has 0 bridgehead atoms. The monoisotopic (exact) mass is 292 g/mol. The molecule has 1 aromatic carbocycles. The standard InChI is InChI=1S/C7H3Br2FN2/c8-4-1-5(9)7(12)3(2-11)6(4)10/h1H,12H2. The van der Waals surface area contributed by atoms with Crippen molar-refractivity contribution < 1.29 is 4.39 Å². The summed E-state index contributed by atoms with van der Waals surface area (Å²) in [5.41, 5.74) is 5.41. The fourth-order valence-electron chi connectivity index (χ4n) is 0.719. The quantitative estimate of drug-likeness (QED) is 0.591. The van der Waals surface area contributed by atoms with Crippen LogP contribution >= 0.6 is 31.9 Å². The fraction of sp³-hybridized carbons (Fsp3) is 0. The van der Waals surface area contributed by atoms with Gasteiger partial charge in [-0.25, -0.2) is 4.39 Å². The Labute approximate surface area is 85.4 Å². The van der Waals surface area contributed by atoms with Gasteiger partial charge >= 0.3 is 0 Å². The molecule has 2 nitrogen and oxygen atoms in total. The van der Waals surface area contributed by atoms with Crippen molar-refractivity contribution in [3.63, 3.8) is 0 Å². The zero-order chi connectivity index (χ0) is 9.30. The van der Waals surface area contributed by atoms with Crippen molar-refractivity contribution >= 4 is 37.5 Å². The molecule has 0 radical (unpaired) electrons. The molecule has 0 aliphatic heterocycles. The molecule has 0 heterocycles. The van der Waals surface area contributed by atoms with Crippen molar-refractivity contribution in [3.05, 3.63) is 26.4 Å². The van der Waals surface area contributed by atoms with Crippen LogP contribution in [0.25, 0.3) is 0 Å². The SMILES string of the molecule is N#Cc1c(N)c(Br)cc(Br)c1F. The average Bonchev–Trinajstić information content (AvgIpc) is 2.02. The first-order valence-corrected chi connectivity index (χ1v) is 4.49. The predicted molar refractivity (Wildman–Crippen MR) is 50.9 cm³/mol. The Morgan fingerprint density at radius 1 is 1.42 bits per heavy atom. The number of halogens is 3. The molecule has 12 heavy (non-hydrogen) atoms. The van der Waals surface area contributed by atoms with E-state index < -0.39 is 5.82 Å². The second-order valence-corrected chi connectivity index (χ2v) is 3.76. The lowest BCUT2D eigenvalue weighted by Crippen LogP contribution is -1.96. The van der Waals surface area contributed by atoms with E-state index in [1.54, 1.807) is 6.07 Å². The van der Waals surface area contributed by atoms with E-state index in [0.29, 0.717) is 4.47 Å². The average molecular weight is 294 g/mol. The summed E-state index contributed by atoms with van der Waals surface area (Å²) in [7, 11) is 0. The van der Waals surface area contributed by atoms with E-state index in [4.69, 9.17) is 11.0 Å². The molecule has 0 spiro atoms. The first-order chi connectivity index (χ1) is 5.57. The van der Waals surface area contributed by atoms with Crippen LogP contribution in [0.2, 0.25) is 0 Å². The van der Waals surface area contributed by atoms with Crippen molar-refractivity contribution in [1.29, 1.82) is 5.26 Å². The number of nitrogens with two attached hydrogens (primary N) is 1. The Morgan fingerprint density at radius 2 is 2.00 bits per heavy atom. The molecule has 1 rings (SSSR count). The van der Waals surface area contributed by atoms with Gasteiger partial charge in [0.15, 0.2) is 5.82 Å². The highest BCUT2D eigenvalue weighted by Gasteiger charge is 2.12. The topological polar surface area (TPSA) is 49.8 Å². The molecule has 62 valence electrons. The molecule has 0 saturated heterocycles. The molecular weight excluding hydrogens is 291 g/mol. The summed E-state index contributed by atoms with van der Waals surface area (Å²) < 4.78 is 13.8. The summed E-state index contributed by atoms with van der Waals surface area (Å²) in [5.74, 6) is -0.627. The molecule has 0 aliphatic carbocycles. The molecule has 0 aliphatic rings. The molecule has 0 amide bonds. The Bertz CT molecular complexity index is 344. The Balaban J connectivity index is 3.56. The van der Waals surface area contributed by atoms with E-state index >= 15 is 0 Å². The number of rotatable bonds is 0. The van der Waals surface area contributed by atoms with Gasteiger partial charge < -0.3 is 5.73 Å². The highest BCUT2D eigenvalue weighted by atomic mass is 79.9. The molecule has 5 heteroatoms. The molecule has 0 fully saturated rings. The van der Waals surface area contributed by atoms with Crippen LogP contribution < -0.4 is 5.73 Å². The maximum Gasteiger partial charge on any atom is 0.157 e. The predicted octanol–water partition coefficient (Wildman–Crippen LogP) is 2.80. The van der Waals surface area contributed by atoms with Gasteiger partial charge in [-0.05, 0) is 37.9 Å². The van der Waals surface area contributed by atoms with Crippen LogP contribution in [0.5, 0.6) is 0 Å². The third kappa shape index (κ3) is 1.45. The molecule has 0 unspecified atom stereocenters. The number of nitrogen functional groups attached to an aromatic ring is 1. The van der Waals surface area contributed by atoms with Crippen LogP contribution in [0, 0.1) is 17.1 Å². The molecule has 0 saturated carbocycles. The summed E-state index contributed by atoms with van der Waals surface area (Å²) in [6.45, 7) is 0. The highest BCUT2D eigenvalue weighted by Crippen LogP contribution is 2.30. The molecule has 2 N–H and O–H groups in total. The van der Waals surface area contributed by atoms with E-state index in [1.807, 2.05) is 0 Å². The second kappa shape index (κ2) is 3.42. The molecule has 0 aromatic heterocycles. The molecule has 0 atom stereocenters. The van der Waals surface area contributed by atoms with Gasteiger partial charge in [0.25, 0.3) is 0 Å². The van der Waals surface area contributed by atoms with Crippen LogP contribution in [0.1, 0.15) is 5.56 Å². The van der Waals surface area contributed by atoms with Crippen molar-refractivity contribution in [1.82, 2.24) is 0 Å². The van der Waals surface area contributed by atoms with E-state index in [0.717, 1.165) is 0 Å². The maximum absolute atomic E-state index is 13.1. The van der Waals surface area contributed by atoms with Crippen LogP contribution in [0.15, 0.2) is 15.0 Å². The van der Waals surface area contributed by atoms with Crippen molar-refractivity contribution in [2.75, 3.05) is 5.73 Å². The summed E-state index contributed by atoms with van der Waals surface area (Å²) in [4.78, 5) is 0. The first kappa shape index (κ1) is 9.49. The largest absolute Gasteiger partial charge is 0.397 e. The second-order valence-electron chi connectivity index (χ2n) is 2.05. The number of nitriles is 1. The van der Waals surface area contributed by atoms with Gasteiger partial charge in [-0.1, -0.05) is 0 Å². The van der Waals surface area contributed by atoms with Crippen LogP contribution in [0.3, 0.4) is 0 Å². The highest BCUT2D eigenvalue weighted by molar-refractivity contribution is 9.11. The normalized spacial score (nSPS) is 9.50. The zero-order valence-corrected chi connectivity index (χ0v) is 8.91. The van der Waals surface area contributed by atoms with Crippen molar-refractivity contribution in [3.8, 4) is 6.07 Å². The minimum absolute atomic E-state index is 0.123. The van der Waals surface area contributed by atoms with Crippen LogP contribution in [0.4, 0.5) is 10.1 Å². The zero-order valence-electron chi connectivity index (χ0n) is 5.74. The molecular formula is C7H3Br2FN2. The fourth-order valence-corrected chi connectivity index (χ4v) is 1.88. The summed E-state index contributed by atoms with van der Waals surface area (Å²) in [5, 5.41) is 8.54. The van der Waals surface area contributed by atoms with Crippen molar-refractivity contribution in [2.45, 2.75) is 0 Å². The summed E-state index contributed by atoms with van der Waals surface area (Å²) in [6.07, 6.45) is 0. The lowest BCUT2D eigenvalue weighted by Gasteiger charge is -2.03. The maximum atomic E-state index is 13.1. The summed E-state index contributed by atoms with van der Waals surface area (Å²) >= 11 is 6.06. The van der Waals surface area contributed by atoms with Crippen LogP contribution in [-0.2, 0) is 0 Å². The smallest absolute Gasteiger partial charge is 0.157 e. The Hall–Kier alpha value is -0.600. The van der Waals surface area contributed by atoms with E-state index in [9.17, 15) is 4.39 Å². The summed E-state index contributed by atoms with van der Waals surface area (Å²) in [6, 6.07) is 3.15. The van der Waals surface area contributed by atoms with E-state index in [1.165, 1.54) is 6.07 Å². The van der Waals surface area contributed by atoms with Gasteiger partial charge in [-0.15, -0.1) is 0 Å². The minimum Gasteiger partial charge on any atom is -0.397 e. The Morgan fingerprint density at radius 3 is 2.50 bits per heavy atom. The van der Waals surface area contributed by atoms with Crippen LogP contribution in [-0.4, -0.2) is 0 Å². The number of hydrogen-bond donors (Lipinski definition) is 1. The van der Waals surface area contributed by atoms with Gasteiger partial charge in [-0.2, -0.15) is 5.26 Å². The lowest BCUT2D eigenvalue weighted by molar-refractivity contribution is 0.617. The van der Waals surface area contributed by atoms with Gasteiger partial charge in [-0.3, -0.25) is 0 Å². The minimum atomic E-state index is -0.627.